The van der Waals surface area contributed by atoms with Gasteiger partial charge in [0.1, 0.15) is 12.0 Å². The van der Waals surface area contributed by atoms with E-state index in [9.17, 15) is 14.9 Å². The highest BCUT2D eigenvalue weighted by Crippen LogP contribution is 2.13. The van der Waals surface area contributed by atoms with Gasteiger partial charge in [-0.25, -0.2) is 0 Å². The van der Waals surface area contributed by atoms with E-state index in [1.807, 2.05) is 0 Å². The van der Waals surface area contributed by atoms with Crippen LogP contribution in [-0.4, -0.2) is 35.6 Å². The summed E-state index contributed by atoms with van der Waals surface area (Å²) in [7, 11) is 0. The summed E-state index contributed by atoms with van der Waals surface area (Å²) in [6.45, 7) is -0.390. The van der Waals surface area contributed by atoms with Crippen LogP contribution in [0.1, 0.15) is 16.8 Å². The number of hydrogen-bond acceptors (Lipinski definition) is 5. The average molecular weight is 239 g/mol. The van der Waals surface area contributed by atoms with Crippen LogP contribution in [-0.2, 0) is 0 Å². The third kappa shape index (κ3) is 4.20. The van der Waals surface area contributed by atoms with Gasteiger partial charge in [-0.05, 0) is 12.1 Å². The van der Waals surface area contributed by atoms with Crippen LogP contribution in [0.15, 0.2) is 24.3 Å². The van der Waals surface area contributed by atoms with Crippen LogP contribution < -0.4 is 4.74 Å². The maximum atomic E-state index is 10.6. The second-order valence-electron chi connectivity index (χ2n) is 3.45. The molecule has 0 aliphatic carbocycles. The fourth-order valence-corrected chi connectivity index (χ4v) is 1.27. The number of nitrogens with zero attached hydrogens (tertiary/aromatic N) is 1. The topological polar surface area (TPSA) is 89.7 Å². The monoisotopic (exact) mass is 239 g/mol. The van der Waals surface area contributed by atoms with Gasteiger partial charge in [0.05, 0.1) is 0 Å². The van der Waals surface area contributed by atoms with Crippen molar-refractivity contribution in [1.29, 1.82) is 0 Å². The number of aliphatic hydroxyl groups excluding tert-OH is 1. The molecular formula is C11H13NO5. The molecule has 0 aliphatic heterocycles. The van der Waals surface area contributed by atoms with Gasteiger partial charge in [0.2, 0.25) is 6.04 Å². The fraction of sp³-hybridized carbons (Fsp3) is 0.364. The van der Waals surface area contributed by atoms with Gasteiger partial charge in [0.15, 0.2) is 6.61 Å². The van der Waals surface area contributed by atoms with Gasteiger partial charge in [-0.15, -0.1) is 0 Å². The molecule has 0 aromatic heterocycles. The fourth-order valence-electron chi connectivity index (χ4n) is 1.27. The largest absolute Gasteiger partial charge is 0.486 e. The maximum Gasteiger partial charge on any atom is 0.248 e. The highest BCUT2D eigenvalue weighted by atomic mass is 16.6. The van der Waals surface area contributed by atoms with Crippen LogP contribution in [0.2, 0.25) is 0 Å². The van der Waals surface area contributed by atoms with Gasteiger partial charge in [-0.3, -0.25) is 14.9 Å². The zero-order chi connectivity index (χ0) is 12.7. The maximum absolute atomic E-state index is 10.6. The first kappa shape index (κ1) is 13.1. The highest BCUT2D eigenvalue weighted by molar-refractivity contribution is 5.75. The number of rotatable bonds is 7. The summed E-state index contributed by atoms with van der Waals surface area (Å²) in [5, 5.41) is 19.3. The van der Waals surface area contributed by atoms with E-state index >= 15 is 0 Å². The molecule has 0 aliphatic rings. The molecule has 1 rings (SSSR count). The molecule has 0 spiro atoms. The molecule has 0 fully saturated rings. The third-order valence-corrected chi connectivity index (χ3v) is 2.20. The Morgan fingerprint density at radius 3 is 2.88 bits per heavy atom. The zero-order valence-corrected chi connectivity index (χ0v) is 9.11. The molecule has 0 heterocycles. The summed E-state index contributed by atoms with van der Waals surface area (Å²) in [5.74, 6) is 0.402. The van der Waals surface area contributed by atoms with Crippen LogP contribution >= 0.6 is 0 Å². The number of aliphatic hydroxyl groups is 1. The van der Waals surface area contributed by atoms with E-state index < -0.39 is 11.0 Å². The molecule has 0 saturated carbocycles. The second kappa shape index (κ2) is 6.59. The predicted molar refractivity (Wildman–Crippen MR) is 59.8 cm³/mol. The highest BCUT2D eigenvalue weighted by Gasteiger charge is 2.20. The lowest BCUT2D eigenvalue weighted by molar-refractivity contribution is -0.526. The van der Waals surface area contributed by atoms with Crippen molar-refractivity contribution in [1.82, 2.24) is 0 Å². The van der Waals surface area contributed by atoms with Crippen molar-refractivity contribution >= 4 is 6.29 Å². The summed E-state index contributed by atoms with van der Waals surface area (Å²) in [6.07, 6.45) is 0.714. The van der Waals surface area contributed by atoms with Crippen molar-refractivity contribution in [2.45, 2.75) is 12.5 Å². The lowest BCUT2D eigenvalue weighted by Crippen LogP contribution is -2.28. The number of aldehydes is 1. The van der Waals surface area contributed by atoms with Crippen LogP contribution in [0, 0.1) is 10.1 Å². The van der Waals surface area contributed by atoms with Gasteiger partial charge in [-0.2, -0.15) is 0 Å². The predicted octanol–water partition coefficient (Wildman–Crippen LogP) is 0.906. The minimum Gasteiger partial charge on any atom is -0.486 e. The molecule has 0 bridgehead atoms. The minimum absolute atomic E-state index is 0.0420. The normalized spacial score (nSPS) is 11.8. The lowest BCUT2D eigenvalue weighted by atomic mass is 10.2. The van der Waals surface area contributed by atoms with E-state index in [-0.39, 0.29) is 19.6 Å². The Bertz CT molecular complexity index is 393. The van der Waals surface area contributed by atoms with E-state index in [1.165, 1.54) is 6.07 Å². The quantitative estimate of drug-likeness (QED) is 0.434. The smallest absolute Gasteiger partial charge is 0.248 e. The molecule has 0 amide bonds. The Hall–Kier alpha value is -1.95. The Kier molecular flexibility index (Phi) is 5.09. The Morgan fingerprint density at radius 1 is 1.53 bits per heavy atom. The standard InChI is InChI=1S/C11H13NO5/c13-5-4-10(12(15)16)8-17-11-3-1-2-9(6-11)7-14/h1-3,6-7,10,13H,4-5,8H2. The molecule has 1 aromatic carbocycles. The lowest BCUT2D eigenvalue weighted by Gasteiger charge is -2.10. The average Bonchev–Trinajstić information content (AvgIpc) is 2.34. The van der Waals surface area contributed by atoms with Crippen molar-refractivity contribution in [3.63, 3.8) is 0 Å². The van der Waals surface area contributed by atoms with Crippen LogP contribution in [0.25, 0.3) is 0 Å². The third-order valence-electron chi connectivity index (χ3n) is 2.20. The Labute approximate surface area is 98.0 Å². The molecule has 1 N–H and O–H groups in total. The van der Waals surface area contributed by atoms with Gasteiger partial charge in [-0.1, -0.05) is 12.1 Å². The molecule has 6 heteroatoms. The molecule has 6 nitrogen and oxygen atoms in total. The first-order valence-corrected chi connectivity index (χ1v) is 5.09. The second-order valence-corrected chi connectivity index (χ2v) is 3.45. The summed E-state index contributed by atoms with van der Waals surface area (Å²) in [4.78, 5) is 20.6. The number of carbonyl (C=O) groups is 1. The summed E-state index contributed by atoms with van der Waals surface area (Å²) >= 11 is 0. The van der Waals surface area contributed by atoms with E-state index in [0.29, 0.717) is 17.6 Å². The number of benzene rings is 1. The van der Waals surface area contributed by atoms with Crippen molar-refractivity contribution in [2.75, 3.05) is 13.2 Å². The molecular weight excluding hydrogens is 226 g/mol. The van der Waals surface area contributed by atoms with E-state index in [2.05, 4.69) is 0 Å². The number of nitro groups is 1. The van der Waals surface area contributed by atoms with Crippen LogP contribution in [0.5, 0.6) is 5.75 Å². The number of hydrogen-bond donors (Lipinski definition) is 1. The molecule has 0 saturated heterocycles. The molecule has 0 radical (unpaired) electrons. The SMILES string of the molecule is O=Cc1cccc(OCC(CCO)[N+](=O)[O-])c1. The van der Waals surface area contributed by atoms with E-state index in [4.69, 9.17) is 9.84 Å². The number of carbonyl (C=O) groups excluding carboxylic acids is 1. The van der Waals surface area contributed by atoms with Crippen molar-refractivity contribution < 1.29 is 19.6 Å². The van der Waals surface area contributed by atoms with Crippen molar-refractivity contribution in [2.24, 2.45) is 0 Å². The summed E-state index contributed by atoms with van der Waals surface area (Å²) in [6, 6.07) is 5.41. The summed E-state index contributed by atoms with van der Waals surface area (Å²) in [5.41, 5.74) is 0.447. The minimum atomic E-state index is -0.945. The van der Waals surface area contributed by atoms with Crippen molar-refractivity contribution in [3.8, 4) is 5.75 Å². The van der Waals surface area contributed by atoms with Crippen LogP contribution in [0.3, 0.4) is 0 Å². The molecule has 17 heavy (non-hydrogen) atoms. The van der Waals surface area contributed by atoms with Gasteiger partial charge >= 0.3 is 0 Å². The van der Waals surface area contributed by atoms with Crippen molar-refractivity contribution in [3.05, 3.63) is 39.9 Å². The van der Waals surface area contributed by atoms with E-state index in [1.54, 1.807) is 18.2 Å². The molecule has 1 atom stereocenters. The number of ether oxygens (including phenoxy) is 1. The van der Waals surface area contributed by atoms with Crippen LogP contribution in [0.4, 0.5) is 0 Å². The zero-order valence-electron chi connectivity index (χ0n) is 9.11. The van der Waals surface area contributed by atoms with E-state index in [0.717, 1.165) is 0 Å². The van der Waals surface area contributed by atoms with Gasteiger partial charge < -0.3 is 9.84 Å². The summed E-state index contributed by atoms with van der Waals surface area (Å²) < 4.78 is 5.21. The Morgan fingerprint density at radius 2 is 2.29 bits per heavy atom. The first-order chi connectivity index (χ1) is 8.17. The Balaban J connectivity index is 2.58. The molecule has 1 unspecified atom stereocenters. The first-order valence-electron chi connectivity index (χ1n) is 5.09. The van der Waals surface area contributed by atoms with Gasteiger partial charge in [0.25, 0.3) is 0 Å². The van der Waals surface area contributed by atoms with Gasteiger partial charge in [0, 0.05) is 23.5 Å². The molecule has 1 aromatic rings. The molecule has 92 valence electrons.